The number of hydrogen-bond acceptors (Lipinski definition) is 3. The van der Waals surface area contributed by atoms with Gasteiger partial charge in [0.25, 0.3) is 0 Å². The molecule has 1 aliphatic rings. The van der Waals surface area contributed by atoms with Crippen LogP contribution in [0.5, 0.6) is 0 Å². The fraction of sp³-hybridized carbons (Fsp3) is 0.417. The van der Waals surface area contributed by atoms with Gasteiger partial charge in [-0.3, -0.25) is 0 Å². The van der Waals surface area contributed by atoms with Crippen molar-refractivity contribution in [2.24, 2.45) is 0 Å². The molecule has 0 amide bonds. The SMILES string of the molecule is O=C1O[C@@H](CCc2ccc(Br)cc2)C[C@H]1O. The van der Waals surface area contributed by atoms with Crippen LogP contribution < -0.4 is 0 Å². The maximum atomic E-state index is 11.0. The van der Waals surface area contributed by atoms with E-state index in [1.165, 1.54) is 5.56 Å². The summed E-state index contributed by atoms with van der Waals surface area (Å²) >= 11 is 3.38. The summed E-state index contributed by atoms with van der Waals surface area (Å²) in [6.07, 6.45) is 0.999. The molecule has 2 atom stereocenters. The van der Waals surface area contributed by atoms with E-state index in [9.17, 15) is 9.90 Å². The summed E-state index contributed by atoms with van der Waals surface area (Å²) in [5.41, 5.74) is 1.21. The minimum atomic E-state index is -0.921. The molecule has 16 heavy (non-hydrogen) atoms. The van der Waals surface area contributed by atoms with Crippen LogP contribution in [-0.4, -0.2) is 23.3 Å². The first-order chi connectivity index (χ1) is 7.65. The van der Waals surface area contributed by atoms with Crippen LogP contribution in [0.1, 0.15) is 18.4 Å². The number of ether oxygens (including phenoxy) is 1. The Morgan fingerprint density at radius 1 is 1.38 bits per heavy atom. The van der Waals surface area contributed by atoms with Gasteiger partial charge in [-0.2, -0.15) is 0 Å². The molecule has 1 N–H and O–H groups in total. The number of benzene rings is 1. The van der Waals surface area contributed by atoms with Gasteiger partial charge in [-0.1, -0.05) is 28.1 Å². The van der Waals surface area contributed by atoms with Crippen molar-refractivity contribution in [2.45, 2.75) is 31.5 Å². The number of carbonyl (C=O) groups excluding carboxylic acids is 1. The van der Waals surface area contributed by atoms with Gasteiger partial charge in [0.2, 0.25) is 0 Å². The van der Waals surface area contributed by atoms with Crippen molar-refractivity contribution in [1.29, 1.82) is 0 Å². The van der Waals surface area contributed by atoms with Crippen molar-refractivity contribution in [3.05, 3.63) is 34.3 Å². The lowest BCUT2D eigenvalue weighted by atomic mass is 10.0. The molecule has 1 aliphatic heterocycles. The quantitative estimate of drug-likeness (QED) is 0.865. The molecule has 0 aromatic heterocycles. The molecule has 0 spiro atoms. The molecule has 0 unspecified atom stereocenters. The number of rotatable bonds is 3. The second-order valence-corrected chi connectivity index (χ2v) is 4.89. The number of esters is 1. The number of halogens is 1. The summed E-state index contributed by atoms with van der Waals surface area (Å²) in [5, 5.41) is 9.22. The highest BCUT2D eigenvalue weighted by atomic mass is 79.9. The summed E-state index contributed by atoms with van der Waals surface area (Å²) in [6, 6.07) is 8.06. The molecule has 3 nitrogen and oxygen atoms in total. The van der Waals surface area contributed by atoms with E-state index in [0.717, 1.165) is 17.3 Å². The highest BCUT2D eigenvalue weighted by Crippen LogP contribution is 2.20. The third-order valence-electron chi connectivity index (χ3n) is 2.71. The number of aliphatic hydroxyl groups excluding tert-OH is 1. The van der Waals surface area contributed by atoms with Crippen molar-refractivity contribution in [3.63, 3.8) is 0 Å². The standard InChI is InChI=1S/C12H13BrO3/c13-9-4-1-8(2-5-9)3-6-10-7-11(14)12(15)16-10/h1-2,4-5,10-11,14H,3,6-7H2/t10-,11+/m0/s1. The third kappa shape index (κ3) is 2.83. The van der Waals surface area contributed by atoms with Gasteiger partial charge in [0.1, 0.15) is 6.10 Å². The fourth-order valence-electron chi connectivity index (χ4n) is 1.79. The second-order valence-electron chi connectivity index (χ2n) is 3.98. The van der Waals surface area contributed by atoms with E-state index < -0.39 is 12.1 Å². The lowest BCUT2D eigenvalue weighted by molar-refractivity contribution is -0.147. The van der Waals surface area contributed by atoms with E-state index in [2.05, 4.69) is 15.9 Å². The van der Waals surface area contributed by atoms with Gasteiger partial charge >= 0.3 is 5.97 Å². The van der Waals surface area contributed by atoms with Gasteiger partial charge in [-0.05, 0) is 30.5 Å². The van der Waals surface area contributed by atoms with Gasteiger partial charge in [-0.15, -0.1) is 0 Å². The lowest BCUT2D eigenvalue weighted by Gasteiger charge is -2.08. The van der Waals surface area contributed by atoms with E-state index in [1.54, 1.807) is 0 Å². The summed E-state index contributed by atoms with van der Waals surface area (Å²) < 4.78 is 6.08. The number of cyclic esters (lactones) is 1. The van der Waals surface area contributed by atoms with Gasteiger partial charge in [0.15, 0.2) is 6.10 Å². The molecule has 0 aliphatic carbocycles. The molecule has 4 heteroatoms. The monoisotopic (exact) mass is 284 g/mol. The summed E-state index contributed by atoms with van der Waals surface area (Å²) in [7, 11) is 0. The Bertz CT molecular complexity index is 374. The molecule has 0 bridgehead atoms. The normalized spacial score (nSPS) is 24.5. The lowest BCUT2D eigenvalue weighted by Crippen LogP contribution is -2.11. The average Bonchev–Trinajstić information content (AvgIpc) is 2.58. The van der Waals surface area contributed by atoms with Gasteiger partial charge in [0.05, 0.1) is 0 Å². The van der Waals surface area contributed by atoms with E-state index >= 15 is 0 Å². The highest BCUT2D eigenvalue weighted by Gasteiger charge is 2.32. The van der Waals surface area contributed by atoms with Crippen molar-refractivity contribution < 1.29 is 14.6 Å². The molecule has 1 heterocycles. The summed E-state index contributed by atoms with van der Waals surface area (Å²) in [6.45, 7) is 0. The van der Waals surface area contributed by atoms with Crippen LogP contribution in [0.25, 0.3) is 0 Å². The maximum Gasteiger partial charge on any atom is 0.335 e. The predicted octanol–water partition coefficient (Wildman–Crippen LogP) is 2.06. The average molecular weight is 285 g/mol. The summed E-state index contributed by atoms with van der Waals surface area (Å²) in [5.74, 6) is -0.485. The molecule has 1 aromatic carbocycles. The van der Waals surface area contributed by atoms with E-state index in [1.807, 2.05) is 24.3 Å². The molecule has 1 aromatic rings. The Morgan fingerprint density at radius 3 is 2.62 bits per heavy atom. The molecule has 2 rings (SSSR count). The number of carbonyl (C=O) groups is 1. The maximum absolute atomic E-state index is 11.0. The largest absolute Gasteiger partial charge is 0.460 e. The molecule has 86 valence electrons. The Balaban J connectivity index is 1.84. The van der Waals surface area contributed by atoms with Crippen LogP contribution in [0, 0.1) is 0 Å². The zero-order chi connectivity index (χ0) is 11.5. The summed E-state index contributed by atoms with van der Waals surface area (Å²) in [4.78, 5) is 11.0. The van der Waals surface area contributed by atoms with Crippen molar-refractivity contribution >= 4 is 21.9 Å². The Kier molecular flexibility index (Phi) is 3.61. The van der Waals surface area contributed by atoms with Crippen LogP contribution in [-0.2, 0) is 16.0 Å². The van der Waals surface area contributed by atoms with Crippen molar-refractivity contribution in [2.75, 3.05) is 0 Å². The first kappa shape index (κ1) is 11.6. The third-order valence-corrected chi connectivity index (χ3v) is 3.24. The van der Waals surface area contributed by atoms with Crippen LogP contribution in [0.2, 0.25) is 0 Å². The molecule has 0 saturated carbocycles. The fourth-order valence-corrected chi connectivity index (χ4v) is 2.06. The number of aryl methyl sites for hydroxylation is 1. The van der Waals surface area contributed by atoms with Gasteiger partial charge < -0.3 is 9.84 Å². The number of hydrogen-bond donors (Lipinski definition) is 1. The highest BCUT2D eigenvalue weighted by molar-refractivity contribution is 9.10. The predicted molar refractivity (Wildman–Crippen MR) is 63.0 cm³/mol. The zero-order valence-electron chi connectivity index (χ0n) is 8.73. The second kappa shape index (κ2) is 4.97. The first-order valence-electron chi connectivity index (χ1n) is 5.28. The van der Waals surface area contributed by atoms with E-state index in [-0.39, 0.29) is 6.10 Å². The smallest absolute Gasteiger partial charge is 0.335 e. The van der Waals surface area contributed by atoms with Gasteiger partial charge in [-0.25, -0.2) is 4.79 Å². The van der Waals surface area contributed by atoms with Crippen molar-refractivity contribution in [1.82, 2.24) is 0 Å². The zero-order valence-corrected chi connectivity index (χ0v) is 10.3. The number of aliphatic hydroxyl groups is 1. The Hall–Kier alpha value is -0.870. The van der Waals surface area contributed by atoms with Crippen LogP contribution in [0.4, 0.5) is 0 Å². The van der Waals surface area contributed by atoms with Crippen molar-refractivity contribution in [3.8, 4) is 0 Å². The Labute approximate surface area is 103 Å². The molecule has 0 radical (unpaired) electrons. The Morgan fingerprint density at radius 2 is 2.06 bits per heavy atom. The minimum absolute atomic E-state index is 0.133. The minimum Gasteiger partial charge on any atom is -0.460 e. The van der Waals surface area contributed by atoms with Crippen LogP contribution in [0.3, 0.4) is 0 Å². The topological polar surface area (TPSA) is 46.5 Å². The first-order valence-corrected chi connectivity index (χ1v) is 6.07. The van der Waals surface area contributed by atoms with E-state index in [4.69, 9.17) is 4.74 Å². The van der Waals surface area contributed by atoms with Crippen LogP contribution >= 0.6 is 15.9 Å². The molecular weight excluding hydrogens is 272 g/mol. The molecule has 1 saturated heterocycles. The molecule has 1 fully saturated rings. The van der Waals surface area contributed by atoms with Gasteiger partial charge in [0, 0.05) is 10.9 Å². The molecular formula is C12H13BrO3. The van der Waals surface area contributed by atoms with Crippen LogP contribution in [0.15, 0.2) is 28.7 Å². The van der Waals surface area contributed by atoms with E-state index in [0.29, 0.717) is 6.42 Å².